The van der Waals surface area contributed by atoms with Gasteiger partial charge < -0.3 is 19.9 Å². The number of esters is 1. The predicted molar refractivity (Wildman–Crippen MR) is 163 cm³/mol. The topological polar surface area (TPSA) is 132 Å². The SMILES string of the molecule is COC(=O)CSC(=Nc1c(C)cc(OC)cc1C)N/N=C\c1ccc(C(N)=NC=Nc2ccc(OC(F)(F)F)cc2)cc1. The van der Waals surface area contributed by atoms with Crippen molar-refractivity contribution in [2.45, 2.75) is 20.2 Å². The van der Waals surface area contributed by atoms with Gasteiger partial charge in [0.05, 0.1) is 37.6 Å². The number of nitrogens with two attached hydrogens (primary N) is 1. The van der Waals surface area contributed by atoms with E-state index in [0.29, 0.717) is 16.4 Å². The van der Waals surface area contributed by atoms with Crippen LogP contribution in [0, 0.1) is 13.8 Å². The Kier molecular flexibility index (Phi) is 11.7. The first kappa shape index (κ1) is 32.7. The van der Waals surface area contributed by atoms with Crippen molar-refractivity contribution < 1.29 is 32.2 Å². The van der Waals surface area contributed by atoms with E-state index in [2.05, 4.69) is 30.2 Å². The normalized spacial score (nSPS) is 12.5. The van der Waals surface area contributed by atoms with Crippen molar-refractivity contribution in [2.75, 3.05) is 20.0 Å². The lowest BCUT2D eigenvalue weighted by atomic mass is 10.1. The molecule has 0 radical (unpaired) electrons. The van der Waals surface area contributed by atoms with Crippen molar-refractivity contribution in [3.63, 3.8) is 0 Å². The van der Waals surface area contributed by atoms with E-state index in [4.69, 9.17) is 15.2 Å². The van der Waals surface area contributed by atoms with E-state index in [0.717, 1.165) is 52.0 Å². The van der Waals surface area contributed by atoms with E-state index >= 15 is 0 Å². The molecule has 0 unspecified atom stereocenters. The summed E-state index contributed by atoms with van der Waals surface area (Å²) < 4.78 is 50.7. The number of hydrogen-bond donors (Lipinski definition) is 2. The van der Waals surface area contributed by atoms with Crippen LogP contribution in [0.2, 0.25) is 0 Å². The molecule has 0 bridgehead atoms. The Balaban J connectivity index is 1.66. The molecular weight excluding hydrogens is 585 g/mol. The second-order valence-corrected chi connectivity index (χ2v) is 9.65. The monoisotopic (exact) mass is 614 g/mol. The third kappa shape index (κ3) is 10.8. The molecule has 3 N–H and O–H groups in total. The van der Waals surface area contributed by atoms with Crippen LogP contribution in [0.25, 0.3) is 0 Å². The Hall–Kier alpha value is -4.85. The van der Waals surface area contributed by atoms with Crippen LogP contribution in [0.4, 0.5) is 24.5 Å². The maximum absolute atomic E-state index is 12.3. The molecule has 0 heterocycles. The molecule has 0 saturated carbocycles. The second-order valence-electron chi connectivity index (χ2n) is 8.68. The summed E-state index contributed by atoms with van der Waals surface area (Å²) in [6.45, 7) is 3.83. The van der Waals surface area contributed by atoms with Gasteiger partial charge in [0.15, 0.2) is 5.17 Å². The highest BCUT2D eigenvalue weighted by Gasteiger charge is 2.30. The number of aryl methyl sites for hydroxylation is 2. The fraction of sp³-hybridized carbons (Fsp3) is 0.207. The van der Waals surface area contributed by atoms with Gasteiger partial charge >= 0.3 is 12.3 Å². The molecule has 14 heteroatoms. The third-order valence-electron chi connectivity index (χ3n) is 5.52. The summed E-state index contributed by atoms with van der Waals surface area (Å²) in [5.41, 5.74) is 13.2. The molecule has 43 heavy (non-hydrogen) atoms. The van der Waals surface area contributed by atoms with E-state index in [1.165, 1.54) is 25.6 Å². The number of alkyl halides is 3. The fourth-order valence-electron chi connectivity index (χ4n) is 3.46. The lowest BCUT2D eigenvalue weighted by Gasteiger charge is -2.11. The summed E-state index contributed by atoms with van der Waals surface area (Å²) in [6.07, 6.45) is -1.99. The van der Waals surface area contributed by atoms with E-state index in [-0.39, 0.29) is 17.3 Å². The van der Waals surface area contributed by atoms with Crippen LogP contribution in [0.15, 0.2) is 80.7 Å². The van der Waals surface area contributed by atoms with Crippen LogP contribution in [-0.4, -0.2) is 55.9 Å². The van der Waals surface area contributed by atoms with Gasteiger partial charge in [-0.1, -0.05) is 36.0 Å². The van der Waals surface area contributed by atoms with Gasteiger partial charge in [-0.05, 0) is 66.9 Å². The number of amidine groups is 2. The molecule has 0 atom stereocenters. The number of hydrazone groups is 1. The Labute approximate surface area is 250 Å². The second kappa shape index (κ2) is 15.4. The average Bonchev–Trinajstić information content (AvgIpc) is 2.97. The van der Waals surface area contributed by atoms with Crippen LogP contribution in [0.3, 0.4) is 0 Å². The lowest BCUT2D eigenvalue weighted by Crippen LogP contribution is -2.17. The fourth-order valence-corrected chi connectivity index (χ4v) is 4.10. The number of nitrogens with one attached hydrogen (secondary N) is 1. The summed E-state index contributed by atoms with van der Waals surface area (Å²) in [7, 11) is 2.91. The zero-order chi connectivity index (χ0) is 31.4. The van der Waals surface area contributed by atoms with Crippen molar-refractivity contribution in [3.8, 4) is 11.5 Å². The first-order valence-corrected chi connectivity index (χ1v) is 13.5. The van der Waals surface area contributed by atoms with E-state index in [1.54, 1.807) is 37.6 Å². The first-order valence-electron chi connectivity index (χ1n) is 12.5. The van der Waals surface area contributed by atoms with Gasteiger partial charge in [0.2, 0.25) is 0 Å². The smallest absolute Gasteiger partial charge is 0.497 e. The minimum Gasteiger partial charge on any atom is -0.497 e. The highest BCUT2D eigenvalue weighted by Crippen LogP contribution is 2.29. The summed E-state index contributed by atoms with van der Waals surface area (Å²) in [5, 5.41) is 4.66. The summed E-state index contributed by atoms with van der Waals surface area (Å²) in [5.74, 6) is 0.194. The number of carbonyl (C=O) groups is 1. The molecule has 0 aliphatic rings. The highest BCUT2D eigenvalue weighted by molar-refractivity contribution is 8.14. The van der Waals surface area contributed by atoms with Crippen LogP contribution >= 0.6 is 11.8 Å². The molecule has 3 aromatic rings. The lowest BCUT2D eigenvalue weighted by molar-refractivity contribution is -0.274. The maximum Gasteiger partial charge on any atom is 0.573 e. The van der Waals surface area contributed by atoms with Gasteiger partial charge in [-0.15, -0.1) is 13.2 Å². The van der Waals surface area contributed by atoms with Crippen molar-refractivity contribution in [1.82, 2.24) is 5.43 Å². The van der Waals surface area contributed by atoms with Crippen molar-refractivity contribution in [2.24, 2.45) is 25.8 Å². The number of ether oxygens (including phenoxy) is 3. The van der Waals surface area contributed by atoms with Gasteiger partial charge in [-0.3, -0.25) is 10.2 Å². The van der Waals surface area contributed by atoms with E-state index in [9.17, 15) is 18.0 Å². The zero-order valence-corrected chi connectivity index (χ0v) is 24.5. The molecule has 0 aliphatic heterocycles. The zero-order valence-electron chi connectivity index (χ0n) is 23.7. The van der Waals surface area contributed by atoms with Gasteiger partial charge in [0.1, 0.15) is 23.7 Å². The number of thioether (sulfide) groups is 1. The molecule has 0 aliphatic carbocycles. The largest absolute Gasteiger partial charge is 0.573 e. The Morgan fingerprint density at radius 1 is 1.00 bits per heavy atom. The number of benzene rings is 3. The molecule has 0 saturated heterocycles. The van der Waals surface area contributed by atoms with E-state index in [1.807, 2.05) is 26.0 Å². The molecule has 3 rings (SSSR count). The minimum atomic E-state index is -4.76. The minimum absolute atomic E-state index is 0.0422. The van der Waals surface area contributed by atoms with Gasteiger partial charge in [-0.2, -0.15) is 5.10 Å². The van der Waals surface area contributed by atoms with Crippen molar-refractivity contribution in [1.29, 1.82) is 0 Å². The molecule has 3 aromatic carbocycles. The maximum atomic E-state index is 12.3. The molecule has 10 nitrogen and oxygen atoms in total. The number of aliphatic imine (C=N–C) groups is 3. The number of methoxy groups -OCH3 is 2. The van der Waals surface area contributed by atoms with Crippen LogP contribution in [0.1, 0.15) is 22.3 Å². The number of hydrogen-bond acceptors (Lipinski definition) is 8. The molecule has 0 fully saturated rings. The Morgan fingerprint density at radius 2 is 1.65 bits per heavy atom. The summed E-state index contributed by atoms with van der Waals surface area (Å²) in [4.78, 5) is 24.5. The van der Waals surface area contributed by atoms with Crippen LogP contribution in [0.5, 0.6) is 11.5 Å². The quantitative estimate of drug-likeness (QED) is 0.128. The third-order valence-corrected chi connectivity index (χ3v) is 6.36. The Morgan fingerprint density at radius 3 is 2.23 bits per heavy atom. The number of nitrogens with zero attached hydrogens (tertiary/aromatic N) is 4. The molecule has 0 amide bonds. The summed E-state index contributed by atoms with van der Waals surface area (Å²) >= 11 is 1.15. The van der Waals surface area contributed by atoms with Crippen molar-refractivity contribution >= 4 is 52.7 Å². The highest BCUT2D eigenvalue weighted by atomic mass is 32.2. The molecular formula is C29H29F3N6O4S. The van der Waals surface area contributed by atoms with Crippen molar-refractivity contribution in [3.05, 3.63) is 82.9 Å². The van der Waals surface area contributed by atoms with Gasteiger partial charge in [-0.25, -0.2) is 15.0 Å². The average molecular weight is 615 g/mol. The first-order chi connectivity index (χ1) is 20.5. The molecule has 0 aromatic heterocycles. The molecule has 0 spiro atoms. The van der Waals surface area contributed by atoms with Gasteiger partial charge in [0, 0.05) is 5.56 Å². The van der Waals surface area contributed by atoms with Gasteiger partial charge in [0.25, 0.3) is 0 Å². The number of rotatable bonds is 10. The number of carbonyl (C=O) groups excluding carboxylic acids is 1. The summed E-state index contributed by atoms with van der Waals surface area (Å²) in [6, 6.07) is 15.8. The van der Waals surface area contributed by atoms with Crippen LogP contribution < -0.4 is 20.6 Å². The van der Waals surface area contributed by atoms with Crippen LogP contribution in [-0.2, 0) is 9.53 Å². The number of halogens is 3. The van der Waals surface area contributed by atoms with E-state index < -0.39 is 12.3 Å². The predicted octanol–water partition coefficient (Wildman–Crippen LogP) is 5.79. The Bertz CT molecular complexity index is 1500. The molecule has 226 valence electrons. The standard InChI is InChI=1S/C29H29F3N6O4S/c1-18-13-24(40-3)14-19(2)26(18)37-28(43-16-25(39)41-4)38-36-15-20-5-7-21(8-6-20)27(33)35-17-34-22-9-11-23(12-10-22)42-29(30,31)32/h5-15,17H,16H2,1-4H3,(H,37,38)(H2,33,34,35)/b36-15-.